The van der Waals surface area contributed by atoms with Crippen LogP contribution < -0.4 is 5.32 Å². The zero-order chi connectivity index (χ0) is 6.85. The molecule has 1 aliphatic heterocycles. The molecule has 0 aromatic rings. The Kier molecular flexibility index (Phi) is 1.60. The predicted octanol–water partition coefficient (Wildman–Crippen LogP) is 0.751. The van der Waals surface area contributed by atoms with Crippen molar-refractivity contribution in [3.05, 3.63) is 0 Å². The van der Waals surface area contributed by atoms with Crippen molar-refractivity contribution in [1.82, 2.24) is 5.32 Å². The topological polar surface area (TPSA) is 38.3 Å². The van der Waals surface area contributed by atoms with Crippen LogP contribution in [-0.2, 0) is 4.74 Å². The third-order valence-electron chi connectivity index (χ3n) is 1.50. The zero-order valence-electron chi connectivity index (χ0n) is 5.68. The summed E-state index contributed by atoms with van der Waals surface area (Å²) in [6.07, 6.45) is -0.284. The highest BCUT2D eigenvalue weighted by atomic mass is 16.6. The van der Waals surface area contributed by atoms with Crippen molar-refractivity contribution in [2.75, 3.05) is 6.61 Å². The van der Waals surface area contributed by atoms with Gasteiger partial charge in [0, 0.05) is 0 Å². The minimum absolute atomic E-state index is 0.220. The van der Waals surface area contributed by atoms with Crippen molar-refractivity contribution in [1.29, 1.82) is 0 Å². The number of cyclic esters (lactones) is 1. The van der Waals surface area contributed by atoms with Crippen LogP contribution in [0.2, 0.25) is 0 Å². The number of carbonyl (C=O) groups is 1. The van der Waals surface area contributed by atoms with Crippen molar-refractivity contribution in [2.45, 2.75) is 19.9 Å². The molecule has 1 N–H and O–H groups in total. The average molecular weight is 129 g/mol. The molecule has 0 bridgehead atoms. The third-order valence-corrected chi connectivity index (χ3v) is 1.50. The van der Waals surface area contributed by atoms with E-state index in [1.54, 1.807) is 0 Å². The molecule has 0 aromatic heterocycles. The SMILES string of the molecule is CC(C)C1COC(=O)N1. The number of alkyl carbamates (subject to hydrolysis) is 1. The number of carbonyl (C=O) groups excluding carboxylic acids is 1. The molecule has 52 valence electrons. The first-order valence-corrected chi connectivity index (χ1v) is 3.13. The average Bonchev–Trinajstić information content (AvgIpc) is 2.14. The standard InChI is InChI=1S/C6H11NO2/c1-4(2)5-3-9-6(8)7-5/h4-5H,3H2,1-2H3,(H,7,8). The van der Waals surface area contributed by atoms with Gasteiger partial charge in [-0.1, -0.05) is 13.8 Å². The van der Waals surface area contributed by atoms with Crippen LogP contribution >= 0.6 is 0 Å². The summed E-state index contributed by atoms with van der Waals surface area (Å²) < 4.78 is 4.68. The number of hydrogen-bond donors (Lipinski definition) is 1. The van der Waals surface area contributed by atoms with E-state index in [1.165, 1.54) is 0 Å². The Labute approximate surface area is 54.4 Å². The molecule has 1 unspecified atom stereocenters. The Morgan fingerprint density at radius 1 is 1.78 bits per heavy atom. The number of hydrogen-bond acceptors (Lipinski definition) is 2. The summed E-state index contributed by atoms with van der Waals surface area (Å²) in [4.78, 5) is 10.4. The molecule has 1 amide bonds. The minimum atomic E-state index is -0.284. The van der Waals surface area contributed by atoms with Crippen LogP contribution in [0, 0.1) is 5.92 Å². The molecule has 0 aliphatic carbocycles. The maximum Gasteiger partial charge on any atom is 0.407 e. The van der Waals surface area contributed by atoms with Gasteiger partial charge in [0.05, 0.1) is 6.04 Å². The summed E-state index contributed by atoms with van der Waals surface area (Å²) in [6, 6.07) is 0.220. The quantitative estimate of drug-likeness (QED) is 0.567. The molecule has 1 atom stereocenters. The Morgan fingerprint density at radius 2 is 2.44 bits per heavy atom. The second kappa shape index (κ2) is 2.25. The van der Waals surface area contributed by atoms with Gasteiger partial charge < -0.3 is 10.1 Å². The second-order valence-electron chi connectivity index (χ2n) is 2.59. The number of rotatable bonds is 1. The lowest BCUT2D eigenvalue weighted by Crippen LogP contribution is -2.30. The Bertz CT molecular complexity index is 122. The summed E-state index contributed by atoms with van der Waals surface area (Å²) in [5.74, 6) is 0.469. The summed E-state index contributed by atoms with van der Waals surface area (Å²) >= 11 is 0. The highest BCUT2D eigenvalue weighted by Crippen LogP contribution is 2.07. The first-order chi connectivity index (χ1) is 4.20. The van der Waals surface area contributed by atoms with E-state index in [1.807, 2.05) is 0 Å². The molecule has 1 heterocycles. The molecule has 3 heteroatoms. The van der Waals surface area contributed by atoms with Gasteiger partial charge in [0.1, 0.15) is 6.61 Å². The fraction of sp³-hybridized carbons (Fsp3) is 0.833. The van der Waals surface area contributed by atoms with Crippen molar-refractivity contribution in [2.24, 2.45) is 5.92 Å². The Balaban J connectivity index is 2.39. The van der Waals surface area contributed by atoms with Crippen LogP contribution in [0.1, 0.15) is 13.8 Å². The van der Waals surface area contributed by atoms with E-state index < -0.39 is 0 Å². The van der Waals surface area contributed by atoms with Gasteiger partial charge in [0.25, 0.3) is 0 Å². The normalized spacial score (nSPS) is 26.1. The van der Waals surface area contributed by atoms with E-state index in [2.05, 4.69) is 23.9 Å². The molecule has 1 fully saturated rings. The number of ether oxygens (including phenoxy) is 1. The maximum atomic E-state index is 10.4. The lowest BCUT2D eigenvalue weighted by atomic mass is 10.1. The largest absolute Gasteiger partial charge is 0.447 e. The molecule has 0 spiro atoms. The van der Waals surface area contributed by atoms with Gasteiger partial charge in [-0.05, 0) is 5.92 Å². The molecule has 9 heavy (non-hydrogen) atoms. The van der Waals surface area contributed by atoms with Crippen molar-refractivity contribution in [3.8, 4) is 0 Å². The van der Waals surface area contributed by atoms with E-state index >= 15 is 0 Å². The molecule has 1 rings (SSSR count). The fourth-order valence-electron chi connectivity index (χ4n) is 0.759. The number of nitrogens with one attached hydrogen (secondary N) is 1. The van der Waals surface area contributed by atoms with E-state index in [0.29, 0.717) is 12.5 Å². The summed E-state index contributed by atoms with van der Waals surface area (Å²) in [7, 11) is 0. The minimum Gasteiger partial charge on any atom is -0.447 e. The van der Waals surface area contributed by atoms with E-state index in [4.69, 9.17) is 0 Å². The zero-order valence-corrected chi connectivity index (χ0v) is 5.68. The molecule has 3 nitrogen and oxygen atoms in total. The van der Waals surface area contributed by atoms with Gasteiger partial charge in [-0.25, -0.2) is 4.79 Å². The molecule has 0 saturated carbocycles. The number of amides is 1. The smallest absolute Gasteiger partial charge is 0.407 e. The summed E-state index contributed by atoms with van der Waals surface area (Å²) in [6.45, 7) is 4.63. The maximum absolute atomic E-state index is 10.4. The monoisotopic (exact) mass is 129 g/mol. The van der Waals surface area contributed by atoms with Crippen molar-refractivity contribution < 1.29 is 9.53 Å². The van der Waals surface area contributed by atoms with Gasteiger partial charge >= 0.3 is 6.09 Å². The molecule has 1 aliphatic rings. The van der Waals surface area contributed by atoms with Gasteiger partial charge in [-0.2, -0.15) is 0 Å². The fourth-order valence-corrected chi connectivity index (χ4v) is 0.759. The van der Waals surface area contributed by atoms with Crippen LogP contribution in [0.3, 0.4) is 0 Å². The van der Waals surface area contributed by atoms with Crippen molar-refractivity contribution >= 4 is 6.09 Å². The van der Waals surface area contributed by atoms with Gasteiger partial charge in [0.2, 0.25) is 0 Å². The lowest BCUT2D eigenvalue weighted by Gasteiger charge is -2.09. The summed E-state index contributed by atoms with van der Waals surface area (Å²) in [5.41, 5.74) is 0. The lowest BCUT2D eigenvalue weighted by molar-refractivity contribution is 0.175. The Morgan fingerprint density at radius 3 is 2.67 bits per heavy atom. The second-order valence-corrected chi connectivity index (χ2v) is 2.59. The van der Waals surface area contributed by atoms with E-state index in [-0.39, 0.29) is 12.1 Å². The highest BCUT2D eigenvalue weighted by molar-refractivity contribution is 5.69. The molecule has 1 saturated heterocycles. The van der Waals surface area contributed by atoms with Crippen molar-refractivity contribution in [3.63, 3.8) is 0 Å². The van der Waals surface area contributed by atoms with Crippen LogP contribution in [0.5, 0.6) is 0 Å². The Hall–Kier alpha value is -0.730. The van der Waals surface area contributed by atoms with E-state index in [9.17, 15) is 4.79 Å². The van der Waals surface area contributed by atoms with Gasteiger partial charge in [0.15, 0.2) is 0 Å². The van der Waals surface area contributed by atoms with Crippen LogP contribution in [0.15, 0.2) is 0 Å². The highest BCUT2D eigenvalue weighted by Gasteiger charge is 2.24. The molecule has 0 aromatic carbocycles. The van der Waals surface area contributed by atoms with Crippen LogP contribution in [0.4, 0.5) is 4.79 Å². The molecular formula is C6H11NO2. The van der Waals surface area contributed by atoms with Gasteiger partial charge in [-0.15, -0.1) is 0 Å². The van der Waals surface area contributed by atoms with E-state index in [0.717, 1.165) is 0 Å². The third kappa shape index (κ3) is 1.34. The molecular weight excluding hydrogens is 118 g/mol. The first kappa shape index (κ1) is 6.39. The first-order valence-electron chi connectivity index (χ1n) is 3.13. The van der Waals surface area contributed by atoms with Crippen LogP contribution in [0.25, 0.3) is 0 Å². The predicted molar refractivity (Wildman–Crippen MR) is 33.1 cm³/mol. The van der Waals surface area contributed by atoms with Crippen LogP contribution in [-0.4, -0.2) is 18.7 Å². The van der Waals surface area contributed by atoms with Gasteiger partial charge in [-0.3, -0.25) is 0 Å². The summed E-state index contributed by atoms with van der Waals surface area (Å²) in [5, 5.41) is 2.69. The molecule has 0 radical (unpaired) electrons.